The maximum atomic E-state index is 13.6. The molecule has 24 heavy (non-hydrogen) atoms. The lowest BCUT2D eigenvalue weighted by atomic mass is 10.1. The van der Waals surface area contributed by atoms with Gasteiger partial charge in [-0.25, -0.2) is 0 Å². The number of anilines is 2. The average molecular weight is 341 g/mol. The van der Waals surface area contributed by atoms with E-state index in [1.807, 2.05) is 4.90 Å². The maximum absolute atomic E-state index is 13.6. The summed E-state index contributed by atoms with van der Waals surface area (Å²) >= 11 is 0. The molecule has 7 heteroatoms. The first-order valence-electron chi connectivity index (χ1n) is 8.33. The predicted octanol–water partition coefficient (Wildman–Crippen LogP) is 2.97. The van der Waals surface area contributed by atoms with Gasteiger partial charge in [-0.05, 0) is 31.0 Å². The quantitative estimate of drug-likeness (QED) is 0.827. The van der Waals surface area contributed by atoms with Gasteiger partial charge < -0.3 is 14.7 Å². The molecule has 1 aromatic carbocycles. The van der Waals surface area contributed by atoms with Crippen molar-refractivity contribution < 1.29 is 18.0 Å². The Hall–Kier alpha value is -1.92. The minimum Gasteiger partial charge on any atom is -0.372 e. The zero-order valence-corrected chi connectivity index (χ0v) is 13.8. The number of hydrogen-bond acceptors (Lipinski definition) is 3. The predicted molar refractivity (Wildman–Crippen MR) is 87.4 cm³/mol. The molecule has 0 aromatic heterocycles. The van der Waals surface area contributed by atoms with Crippen molar-refractivity contribution in [3.05, 3.63) is 23.8 Å². The molecule has 2 aliphatic heterocycles. The Morgan fingerprint density at radius 3 is 2.12 bits per heavy atom. The van der Waals surface area contributed by atoms with E-state index < -0.39 is 11.7 Å². The molecule has 2 fully saturated rings. The van der Waals surface area contributed by atoms with Crippen molar-refractivity contribution in [1.29, 1.82) is 0 Å². The first-order valence-corrected chi connectivity index (χ1v) is 8.33. The molecular weight excluding hydrogens is 319 g/mol. The van der Waals surface area contributed by atoms with Gasteiger partial charge in [-0.2, -0.15) is 13.2 Å². The SMILES string of the molecule is CC(=O)N1CCN(c2ccc(N3CCCC3)cc2C(F)(F)F)CC1. The van der Waals surface area contributed by atoms with E-state index in [0.717, 1.165) is 25.9 Å². The number of halogens is 3. The van der Waals surface area contributed by atoms with E-state index in [9.17, 15) is 18.0 Å². The Balaban J connectivity index is 1.86. The van der Waals surface area contributed by atoms with Crippen molar-refractivity contribution in [3.8, 4) is 0 Å². The van der Waals surface area contributed by atoms with E-state index >= 15 is 0 Å². The largest absolute Gasteiger partial charge is 0.418 e. The van der Waals surface area contributed by atoms with E-state index in [-0.39, 0.29) is 11.6 Å². The number of benzene rings is 1. The molecule has 4 nitrogen and oxygen atoms in total. The van der Waals surface area contributed by atoms with Gasteiger partial charge in [0, 0.05) is 57.6 Å². The third-order valence-electron chi connectivity index (χ3n) is 4.82. The molecule has 0 aliphatic carbocycles. The maximum Gasteiger partial charge on any atom is 0.418 e. The van der Waals surface area contributed by atoms with Gasteiger partial charge in [0.25, 0.3) is 0 Å². The summed E-state index contributed by atoms with van der Waals surface area (Å²) in [5, 5.41) is 0. The zero-order valence-electron chi connectivity index (χ0n) is 13.8. The second-order valence-electron chi connectivity index (χ2n) is 6.39. The summed E-state index contributed by atoms with van der Waals surface area (Å²) in [5.74, 6) is -0.0323. The van der Waals surface area contributed by atoms with E-state index in [2.05, 4.69) is 0 Å². The third kappa shape index (κ3) is 3.44. The van der Waals surface area contributed by atoms with E-state index in [0.29, 0.717) is 31.9 Å². The highest BCUT2D eigenvalue weighted by atomic mass is 19.4. The van der Waals surface area contributed by atoms with Crippen LogP contribution in [0.1, 0.15) is 25.3 Å². The standard InChI is InChI=1S/C17H22F3N3O/c1-13(24)21-8-10-23(11-9-21)16-5-4-14(22-6-2-3-7-22)12-15(16)17(18,19)20/h4-5,12H,2-3,6-11H2,1H3. The fourth-order valence-corrected chi connectivity index (χ4v) is 3.46. The van der Waals surface area contributed by atoms with Gasteiger partial charge in [0.15, 0.2) is 0 Å². The van der Waals surface area contributed by atoms with E-state index in [4.69, 9.17) is 0 Å². The van der Waals surface area contributed by atoms with Crippen LogP contribution in [0.3, 0.4) is 0 Å². The molecule has 0 bridgehead atoms. The summed E-state index contributed by atoms with van der Waals surface area (Å²) in [4.78, 5) is 16.8. The second kappa shape index (κ2) is 6.53. The highest BCUT2D eigenvalue weighted by molar-refractivity contribution is 5.73. The Labute approximate surface area is 139 Å². The van der Waals surface area contributed by atoms with Crippen LogP contribution in [0.15, 0.2) is 18.2 Å². The lowest BCUT2D eigenvalue weighted by Crippen LogP contribution is -2.48. The summed E-state index contributed by atoms with van der Waals surface area (Å²) in [7, 11) is 0. The molecule has 2 aliphatic rings. The van der Waals surface area contributed by atoms with Gasteiger partial charge in [-0.1, -0.05) is 0 Å². The number of carbonyl (C=O) groups excluding carboxylic acids is 1. The molecule has 0 spiro atoms. The van der Waals surface area contributed by atoms with Gasteiger partial charge in [0.1, 0.15) is 0 Å². The average Bonchev–Trinajstić information content (AvgIpc) is 3.08. The van der Waals surface area contributed by atoms with Crippen molar-refractivity contribution >= 4 is 17.3 Å². The molecule has 0 unspecified atom stereocenters. The summed E-state index contributed by atoms with van der Waals surface area (Å²) in [6, 6.07) is 4.64. The lowest BCUT2D eigenvalue weighted by molar-refractivity contribution is -0.137. The minimum absolute atomic E-state index is 0.0323. The van der Waals surface area contributed by atoms with Gasteiger partial charge >= 0.3 is 6.18 Å². The first-order chi connectivity index (χ1) is 11.4. The zero-order chi connectivity index (χ0) is 17.3. The molecule has 0 radical (unpaired) electrons. The lowest BCUT2D eigenvalue weighted by Gasteiger charge is -2.37. The van der Waals surface area contributed by atoms with Gasteiger partial charge in [0.05, 0.1) is 5.56 Å². The third-order valence-corrected chi connectivity index (χ3v) is 4.82. The summed E-state index contributed by atoms with van der Waals surface area (Å²) < 4.78 is 40.7. The fraction of sp³-hybridized carbons (Fsp3) is 0.588. The number of rotatable bonds is 2. The second-order valence-corrected chi connectivity index (χ2v) is 6.39. The molecule has 2 saturated heterocycles. The Morgan fingerprint density at radius 2 is 1.58 bits per heavy atom. The highest BCUT2D eigenvalue weighted by Crippen LogP contribution is 2.39. The Kier molecular flexibility index (Phi) is 4.60. The normalized spacial score (nSPS) is 19.1. The molecule has 0 N–H and O–H groups in total. The molecule has 2 heterocycles. The van der Waals surface area contributed by atoms with Crippen LogP contribution >= 0.6 is 0 Å². The number of alkyl halides is 3. The van der Waals surface area contributed by atoms with Crippen LogP contribution in [0.25, 0.3) is 0 Å². The van der Waals surface area contributed by atoms with Crippen molar-refractivity contribution in [2.45, 2.75) is 25.9 Å². The summed E-state index contributed by atoms with van der Waals surface area (Å²) in [6.45, 7) is 4.88. The van der Waals surface area contributed by atoms with Crippen LogP contribution in [0.5, 0.6) is 0 Å². The van der Waals surface area contributed by atoms with Crippen LogP contribution in [0.2, 0.25) is 0 Å². The molecule has 3 rings (SSSR count). The number of amides is 1. The van der Waals surface area contributed by atoms with Gasteiger partial charge in [-0.3, -0.25) is 4.79 Å². The van der Waals surface area contributed by atoms with Gasteiger partial charge in [0.2, 0.25) is 5.91 Å². The molecule has 1 aromatic rings. The van der Waals surface area contributed by atoms with E-state index in [1.54, 1.807) is 21.9 Å². The summed E-state index contributed by atoms with van der Waals surface area (Å²) in [5.41, 5.74) is 0.280. The van der Waals surface area contributed by atoms with Crippen molar-refractivity contribution in [1.82, 2.24) is 4.90 Å². The number of hydrogen-bond donors (Lipinski definition) is 0. The molecule has 1 amide bonds. The Bertz CT molecular complexity index is 604. The van der Waals surface area contributed by atoms with Crippen molar-refractivity contribution in [2.75, 3.05) is 49.1 Å². The fourth-order valence-electron chi connectivity index (χ4n) is 3.46. The number of carbonyl (C=O) groups is 1. The van der Waals surface area contributed by atoms with Crippen molar-refractivity contribution in [2.24, 2.45) is 0 Å². The first kappa shape index (κ1) is 16.9. The van der Waals surface area contributed by atoms with E-state index in [1.165, 1.54) is 13.0 Å². The Morgan fingerprint density at radius 1 is 0.958 bits per heavy atom. The minimum atomic E-state index is -4.39. The number of nitrogens with zero attached hydrogens (tertiary/aromatic N) is 3. The van der Waals surface area contributed by atoms with Crippen LogP contribution in [-0.4, -0.2) is 50.1 Å². The topological polar surface area (TPSA) is 26.8 Å². The molecule has 0 atom stereocenters. The van der Waals surface area contributed by atoms with Crippen LogP contribution in [0, 0.1) is 0 Å². The van der Waals surface area contributed by atoms with Gasteiger partial charge in [-0.15, -0.1) is 0 Å². The van der Waals surface area contributed by atoms with Crippen LogP contribution in [-0.2, 0) is 11.0 Å². The smallest absolute Gasteiger partial charge is 0.372 e. The summed E-state index contributed by atoms with van der Waals surface area (Å²) in [6.07, 6.45) is -2.34. The number of piperazine rings is 1. The molecular formula is C17H22F3N3O. The van der Waals surface area contributed by atoms with Crippen molar-refractivity contribution in [3.63, 3.8) is 0 Å². The molecule has 132 valence electrons. The van der Waals surface area contributed by atoms with Crippen LogP contribution < -0.4 is 9.80 Å². The highest BCUT2D eigenvalue weighted by Gasteiger charge is 2.36. The van der Waals surface area contributed by atoms with Crippen LogP contribution in [0.4, 0.5) is 24.5 Å². The monoisotopic (exact) mass is 341 g/mol. The molecule has 0 saturated carbocycles.